The van der Waals surface area contributed by atoms with Gasteiger partial charge in [-0.25, -0.2) is 44.5 Å². The highest BCUT2D eigenvalue weighted by atomic mass is 16.6. The molecule has 1 aliphatic carbocycles. The van der Waals surface area contributed by atoms with E-state index >= 15 is 0 Å². The first-order valence-electron chi connectivity index (χ1n) is 46.5. The highest BCUT2D eigenvalue weighted by molar-refractivity contribution is 6.38. The van der Waals surface area contributed by atoms with E-state index in [1.165, 1.54) is 11.2 Å². The van der Waals surface area contributed by atoms with Gasteiger partial charge in [-0.2, -0.15) is 0 Å². The minimum atomic E-state index is -1.11. The number of aliphatic hydroxyl groups excluding tert-OH is 1. The number of fused-ring (bicyclic) bond motifs is 5. The number of carbonyl (C=O) groups excluding carboxylic acids is 8. The number of nitrogens with one attached hydrogen (secondary N) is 4. The Morgan fingerprint density at radius 1 is 0.679 bits per heavy atom. The van der Waals surface area contributed by atoms with Crippen LogP contribution in [-0.2, 0) is 88.0 Å². The van der Waals surface area contributed by atoms with Gasteiger partial charge in [0.1, 0.15) is 59.5 Å². The van der Waals surface area contributed by atoms with Crippen molar-refractivity contribution in [2.45, 2.75) is 213 Å². The molecule has 1 saturated carbocycles. The number of ketones is 3. The van der Waals surface area contributed by atoms with Crippen molar-refractivity contribution >= 4 is 87.4 Å². The van der Waals surface area contributed by atoms with Gasteiger partial charge < -0.3 is 84.1 Å². The number of amides is 4. The molecule has 13 atom stereocenters. The van der Waals surface area contributed by atoms with Crippen molar-refractivity contribution in [3.63, 3.8) is 0 Å². The first-order chi connectivity index (χ1) is 63.3. The Morgan fingerprint density at radius 3 is 2.18 bits per heavy atom. The van der Waals surface area contributed by atoms with Gasteiger partial charge in [0.25, 0.3) is 11.8 Å². The van der Waals surface area contributed by atoms with E-state index in [4.69, 9.17) is 44.3 Å². The number of benzene rings is 1. The summed E-state index contributed by atoms with van der Waals surface area (Å²) in [6, 6.07) is 8.95. The SMILES string of the molecule is CO[C@H]1CC2CC[C@@H](C)C(O2)C(=O)C(=O)N2CCCC[C@H]2C(=O)O[C@H](CC[C@@H]2CC[C@@H](OC(=O)NCc3cnc(N4CCN(C(=O)CCOCCOCCN5CCN(c6ncc(C(=O)N7CCc8cc(CNc9ncnc(N)c9C(=N)c9cnc%10[nH]ccc%10c9)ccc8C7)cn6)CC5)CC4)nc3)[C@H](OC)C2)CC(=O)[C@H](C)/C=C(\C)[C@@H](O)CC(=O)[C@H](C)C[C@H](C)/C=C/C=CC=C1C. The first kappa shape index (κ1) is 97.4. The van der Waals surface area contributed by atoms with Gasteiger partial charge in [-0.1, -0.05) is 82.4 Å². The number of methoxy groups -OCH3 is 2. The normalized spacial score (nSPS) is 25.9. The quantitative estimate of drug-likeness (QED) is 0.0102. The highest BCUT2D eigenvalue weighted by Crippen LogP contribution is 2.36. The van der Waals surface area contributed by atoms with Crippen molar-refractivity contribution in [3.8, 4) is 0 Å². The number of ether oxygens (including phenoxy) is 7. The smallest absolute Gasteiger partial charge is 0.407 e. The fraction of sp³-hybridized carbons (Fsp3) is 0.567. The molecule has 34 nitrogen and oxygen atoms in total. The summed E-state index contributed by atoms with van der Waals surface area (Å²) in [5, 5.41) is 27.4. The third kappa shape index (κ3) is 26.6. The zero-order chi connectivity index (χ0) is 92.6. The summed E-state index contributed by atoms with van der Waals surface area (Å²) in [7, 11) is 3.20. The molecule has 11 heterocycles. The summed E-state index contributed by atoms with van der Waals surface area (Å²) in [6.45, 7) is 20.4. The van der Waals surface area contributed by atoms with Crippen LogP contribution in [0.15, 0.2) is 121 Å². The number of hydrogen-bond donors (Lipinski definition) is 6. The van der Waals surface area contributed by atoms with Crippen LogP contribution >= 0.6 is 0 Å². The van der Waals surface area contributed by atoms with E-state index in [1.54, 1.807) is 71.3 Å². The summed E-state index contributed by atoms with van der Waals surface area (Å²) < 4.78 is 42.4. The molecule has 0 spiro atoms. The van der Waals surface area contributed by atoms with Crippen LogP contribution in [0.2, 0.25) is 0 Å². The fourth-order valence-corrected chi connectivity index (χ4v) is 18.5. The van der Waals surface area contributed by atoms with Gasteiger partial charge in [0.05, 0.1) is 74.1 Å². The van der Waals surface area contributed by atoms with Gasteiger partial charge >= 0.3 is 12.1 Å². The molecule has 6 aromatic rings. The average Bonchev–Trinajstić information content (AvgIpc) is 1.71. The van der Waals surface area contributed by atoms with Crippen LogP contribution in [0.1, 0.15) is 182 Å². The molecule has 13 rings (SSSR count). The Morgan fingerprint density at radius 2 is 1.42 bits per heavy atom. The summed E-state index contributed by atoms with van der Waals surface area (Å²) >= 11 is 0. The molecule has 7 aliphatic rings. The Bertz CT molecular complexity index is 5050. The lowest BCUT2D eigenvalue weighted by Crippen LogP contribution is -2.55. The number of hydrogen-bond acceptors (Lipinski definition) is 29. The number of aromatic amines is 1. The Labute approximate surface area is 766 Å². The number of Topliss-reactive ketones (excluding diaryl/α,β-unsaturated/α-hetero) is 3. The molecule has 1 aromatic carbocycles. The predicted octanol–water partition coefficient (Wildman–Crippen LogP) is 9.87. The minimum absolute atomic E-state index is 0.00597. The van der Waals surface area contributed by atoms with Crippen molar-refractivity contribution in [2.75, 3.05) is 133 Å². The number of carbonyl (C=O) groups is 8. The van der Waals surface area contributed by atoms with Gasteiger partial charge in [-0.15, -0.1) is 0 Å². The first-order valence-corrected chi connectivity index (χ1v) is 46.5. The molecule has 5 fully saturated rings. The maximum absolute atomic E-state index is 14.6. The van der Waals surface area contributed by atoms with E-state index in [2.05, 4.69) is 72.4 Å². The zero-order valence-corrected chi connectivity index (χ0v) is 76.9. The van der Waals surface area contributed by atoms with Gasteiger partial charge in [-0.3, -0.25) is 39.1 Å². The maximum atomic E-state index is 14.6. The van der Waals surface area contributed by atoms with Crippen molar-refractivity contribution in [2.24, 2.45) is 29.6 Å². The third-order valence-corrected chi connectivity index (χ3v) is 26.6. The lowest BCUT2D eigenvalue weighted by molar-refractivity contribution is -0.169. The third-order valence-electron chi connectivity index (χ3n) is 26.6. The zero-order valence-electron chi connectivity index (χ0n) is 76.9. The standard InChI is InChI=1S/C97H130N18O16/c1-61-14-10-9-11-15-62(2)82(125-7)50-76-22-17-63(3)88(129-76)87(120)93(122)115-29-13-12-16-77(115)94(123)130-75(49-78(116)65(5)45-66(6)80(118)51-79(117)64(4)44-61)23-19-67-20-24-81(83(47-67)126-8)131-97(124)107-55-69-53-103-95(104-54-69)113-37-35-111(36-38-113)84(119)27-40-127-42-43-128-41-39-110-31-33-112(34-32-110)96-105-57-74(58-106-96)92(121)114-30-26-70-46-68(18-21-72(70)59-114)52-101-91-85(89(99)108-60-109-91)86(98)73-48-71-25-28-100-90(71)102-56-73/h9-11,14-15,18,21,25,28,45-46,48,53-54,56-58,60-61,63-65,67,75-77,80-83,88,98,118H,12-13,16-17,19-20,22-24,26-27,29-44,47,49-52,55,59H2,1-8H3,(H,100,102)(H,107,124)(H3,99,101,108,109)/b11-9?,14-10+,62-15?,66-45+,98-86?/t61-,63-,64-,65-,67-,75-,76?,77+,80+,81-,82+,83-,88?/m1/s1. The molecule has 0 radical (unpaired) electrons. The average molecular weight is 1800 g/mol. The second-order valence-electron chi connectivity index (χ2n) is 36.1. The number of piperazine rings is 2. The van der Waals surface area contributed by atoms with E-state index in [9.17, 15) is 43.5 Å². The fourth-order valence-electron chi connectivity index (χ4n) is 18.5. The monoisotopic (exact) mass is 1800 g/mol. The molecular weight excluding hydrogens is 1670 g/mol. The molecule has 2 unspecified atom stereocenters. The van der Waals surface area contributed by atoms with Crippen LogP contribution in [-0.4, -0.2) is 279 Å². The van der Waals surface area contributed by atoms with Gasteiger partial charge in [0, 0.05) is 191 Å². The number of nitrogens with zero attached hydrogens (tertiary/aromatic N) is 13. The van der Waals surface area contributed by atoms with Crippen molar-refractivity contribution in [1.82, 2.24) is 64.8 Å². The Hall–Kier alpha value is -11.1. The molecule has 131 heavy (non-hydrogen) atoms. The molecule has 7 N–H and O–H groups in total. The van der Waals surface area contributed by atoms with Crippen LogP contribution in [0.3, 0.4) is 0 Å². The van der Waals surface area contributed by atoms with E-state index in [-0.39, 0.29) is 123 Å². The van der Waals surface area contributed by atoms with Gasteiger partial charge in [-0.05, 0) is 149 Å². The van der Waals surface area contributed by atoms with E-state index in [0.29, 0.717) is 182 Å². The largest absolute Gasteiger partial charge is 0.460 e. The molecule has 34 heteroatoms. The Kier molecular flexibility index (Phi) is 35.2. The van der Waals surface area contributed by atoms with Crippen LogP contribution in [0.4, 0.5) is 28.3 Å². The number of aromatic nitrogens is 8. The van der Waals surface area contributed by atoms with Gasteiger partial charge in [0.2, 0.25) is 23.6 Å². The number of piperidine rings is 1. The number of allylic oxidation sites excluding steroid dienone is 6. The second-order valence-corrected chi connectivity index (χ2v) is 36.1. The molecule has 4 saturated heterocycles. The van der Waals surface area contributed by atoms with Crippen molar-refractivity contribution in [1.29, 1.82) is 5.41 Å². The van der Waals surface area contributed by atoms with Crippen molar-refractivity contribution in [3.05, 3.63) is 160 Å². The lowest BCUT2D eigenvalue weighted by Gasteiger charge is -2.38. The molecule has 2 bridgehead atoms. The number of alkyl carbamates (subject to hydrolysis) is 1. The van der Waals surface area contributed by atoms with Gasteiger partial charge in [0.15, 0.2) is 0 Å². The molecule has 704 valence electrons. The summed E-state index contributed by atoms with van der Waals surface area (Å²) in [5.41, 5.74) is 14.0. The lowest BCUT2D eigenvalue weighted by atomic mass is 9.81. The van der Waals surface area contributed by atoms with Crippen LogP contribution < -0.4 is 26.2 Å². The predicted molar refractivity (Wildman–Crippen MR) is 493 cm³/mol. The van der Waals surface area contributed by atoms with Crippen molar-refractivity contribution < 1.29 is 76.6 Å². The summed E-state index contributed by atoms with van der Waals surface area (Å²) in [6.07, 6.45) is 24.4. The number of esters is 1. The Balaban J connectivity index is 0.492. The van der Waals surface area contributed by atoms with E-state index < -0.39 is 66.2 Å². The number of H-pyrrole nitrogens is 1. The number of anilines is 4. The second kappa shape index (κ2) is 47.3. The number of cyclic esters (lactones) is 1. The molecule has 4 amide bonds. The van der Waals surface area contributed by atoms with E-state index in [1.807, 2.05) is 91.0 Å². The number of rotatable bonds is 25. The number of nitrogens with two attached hydrogens (primary N) is 1. The van der Waals surface area contributed by atoms with Crippen LogP contribution in [0.25, 0.3) is 11.0 Å². The van der Waals surface area contributed by atoms with E-state index in [0.717, 1.165) is 66.0 Å². The number of aliphatic hydroxyl groups is 1. The maximum Gasteiger partial charge on any atom is 0.407 e. The highest BCUT2D eigenvalue weighted by Gasteiger charge is 2.45. The topological polar surface area (TPSA) is 421 Å². The molecular formula is C97H130N18O16. The van der Waals surface area contributed by atoms with Crippen LogP contribution in [0, 0.1) is 35.0 Å². The minimum Gasteiger partial charge on any atom is -0.460 e. The number of pyridine rings is 1. The van der Waals surface area contributed by atoms with Crippen LogP contribution in [0.5, 0.6) is 0 Å². The summed E-state index contributed by atoms with van der Waals surface area (Å²) in [5.74, 6) is -2.10. The number of nitrogen functional groups attached to an aromatic ring is 1. The molecule has 5 aromatic heterocycles. The molecule has 6 aliphatic heterocycles. The summed E-state index contributed by atoms with van der Waals surface area (Å²) in [4.78, 5) is 158.